The molecule has 0 saturated heterocycles. The molecule has 0 aliphatic carbocycles. The van der Waals surface area contributed by atoms with E-state index in [9.17, 15) is 14.4 Å². The summed E-state index contributed by atoms with van der Waals surface area (Å²) in [5, 5.41) is 3.20. The highest BCUT2D eigenvalue weighted by molar-refractivity contribution is 5.98. The van der Waals surface area contributed by atoms with Crippen molar-refractivity contribution in [1.82, 2.24) is 24.7 Å². The normalized spacial score (nSPS) is 11.5. The molecule has 1 heterocycles. The molecule has 0 fully saturated rings. The summed E-state index contributed by atoms with van der Waals surface area (Å²) in [6, 6.07) is 18.2. The number of likely N-dealkylation sites (N-methyl/N-ethyl adjacent to an activating group) is 2. The van der Waals surface area contributed by atoms with Crippen LogP contribution in [-0.2, 0) is 11.2 Å². The maximum absolute atomic E-state index is 14.3. The van der Waals surface area contributed by atoms with Gasteiger partial charge in [0.1, 0.15) is 17.3 Å². The molecule has 12 nitrogen and oxygen atoms in total. The number of hydrogen-bond acceptors (Lipinski definition) is 9. The van der Waals surface area contributed by atoms with Crippen molar-refractivity contribution in [2.75, 3.05) is 63.6 Å². The molecule has 0 aliphatic heterocycles. The zero-order valence-electron chi connectivity index (χ0n) is 34.1. The maximum Gasteiger partial charge on any atom is 0.425 e. The number of carbonyl (C=O) groups is 3. The monoisotopic (exact) mass is 751 g/mol. The van der Waals surface area contributed by atoms with Crippen LogP contribution >= 0.6 is 0 Å². The van der Waals surface area contributed by atoms with E-state index in [2.05, 4.69) is 29.0 Å². The van der Waals surface area contributed by atoms with E-state index in [1.165, 1.54) is 12.0 Å². The van der Waals surface area contributed by atoms with Gasteiger partial charge in [0.15, 0.2) is 0 Å². The van der Waals surface area contributed by atoms with Crippen LogP contribution in [0.5, 0.6) is 11.5 Å². The van der Waals surface area contributed by atoms with Crippen LogP contribution < -0.4 is 19.7 Å². The highest BCUT2D eigenvalue weighted by Crippen LogP contribution is 2.36. The highest BCUT2D eigenvalue weighted by Gasteiger charge is 2.28. The van der Waals surface area contributed by atoms with Gasteiger partial charge in [-0.25, -0.2) is 14.7 Å². The lowest BCUT2D eigenvalue weighted by atomic mass is 9.99. The second kappa shape index (κ2) is 19.7. The minimum atomic E-state index is -0.691. The molecule has 4 aromatic rings. The molecule has 12 heteroatoms. The predicted molar refractivity (Wildman–Crippen MR) is 219 cm³/mol. The molecule has 3 aromatic carbocycles. The van der Waals surface area contributed by atoms with Gasteiger partial charge in [-0.15, -0.1) is 0 Å². The summed E-state index contributed by atoms with van der Waals surface area (Å²) in [5.74, 6) is 1.11. The molecule has 1 aromatic heterocycles. The molecule has 0 spiro atoms. The Labute approximate surface area is 326 Å². The fraction of sp³-hybridized carbons (Fsp3) is 0.419. The van der Waals surface area contributed by atoms with Crippen LogP contribution in [0.3, 0.4) is 0 Å². The number of benzene rings is 3. The van der Waals surface area contributed by atoms with Crippen molar-refractivity contribution in [2.45, 2.75) is 61.8 Å². The third-order valence-electron chi connectivity index (χ3n) is 9.75. The largest absolute Gasteiger partial charge is 0.495 e. The summed E-state index contributed by atoms with van der Waals surface area (Å²) < 4.78 is 12.0. The Balaban J connectivity index is 1.65. The van der Waals surface area contributed by atoms with Crippen LogP contribution in [0.4, 0.5) is 27.9 Å². The molecule has 0 radical (unpaired) electrons. The summed E-state index contributed by atoms with van der Waals surface area (Å²) in [6.45, 7) is 20.5. The Morgan fingerprint density at radius 1 is 0.836 bits per heavy atom. The molecule has 0 saturated carbocycles. The second-order valence-electron chi connectivity index (χ2n) is 13.7. The molecule has 1 atom stereocenters. The van der Waals surface area contributed by atoms with Gasteiger partial charge in [-0.05, 0) is 107 Å². The molecule has 294 valence electrons. The molecule has 3 amide bonds. The van der Waals surface area contributed by atoms with Gasteiger partial charge in [-0.3, -0.25) is 9.59 Å². The predicted octanol–water partition coefficient (Wildman–Crippen LogP) is 7.95. The first kappa shape index (κ1) is 42.3. The Morgan fingerprint density at radius 3 is 2.09 bits per heavy atom. The average molecular weight is 752 g/mol. The molecule has 4 rings (SSSR count). The van der Waals surface area contributed by atoms with Crippen molar-refractivity contribution < 1.29 is 23.9 Å². The maximum atomic E-state index is 14.3. The molecule has 1 unspecified atom stereocenters. The van der Waals surface area contributed by atoms with Crippen LogP contribution in [0, 0.1) is 26.7 Å². The van der Waals surface area contributed by atoms with Gasteiger partial charge in [0, 0.05) is 62.7 Å². The molecule has 0 aliphatic rings. The summed E-state index contributed by atoms with van der Waals surface area (Å²) in [6.07, 6.45) is 1.36. The van der Waals surface area contributed by atoms with E-state index < -0.39 is 6.09 Å². The third-order valence-corrected chi connectivity index (χ3v) is 9.75. The van der Waals surface area contributed by atoms with E-state index in [0.29, 0.717) is 54.5 Å². The van der Waals surface area contributed by atoms with Gasteiger partial charge in [0.25, 0.3) is 5.91 Å². The molecule has 55 heavy (non-hydrogen) atoms. The number of aromatic nitrogens is 2. The standard InChI is InChI=1S/C43H57N7O5/c1-11-48(12-2)24-23-47(9)41(52)34-16-18-35(19-17-34)45-42-44-22-21-38(46-42)50(43(53)55-39-30(6)25-29(5)26-31(39)7)36-20-15-33(28-37(36)54-10)27-32(8)40(51)49(13-3)14-4/h15-22,25-26,28,32H,11-14,23-24,27H2,1-10H3,(H,44,45,46). The van der Waals surface area contributed by atoms with E-state index in [0.717, 1.165) is 41.9 Å². The Morgan fingerprint density at radius 2 is 1.49 bits per heavy atom. The van der Waals surface area contributed by atoms with Crippen molar-refractivity contribution >= 4 is 41.0 Å². The number of methoxy groups -OCH3 is 1. The van der Waals surface area contributed by atoms with Gasteiger partial charge < -0.3 is 29.5 Å². The van der Waals surface area contributed by atoms with E-state index in [1.54, 1.807) is 47.5 Å². The van der Waals surface area contributed by atoms with E-state index in [-0.39, 0.29) is 29.5 Å². The minimum absolute atomic E-state index is 0.0601. The highest BCUT2D eigenvalue weighted by atomic mass is 16.6. The number of rotatable bonds is 17. The van der Waals surface area contributed by atoms with Crippen LogP contribution in [0.15, 0.2) is 66.9 Å². The van der Waals surface area contributed by atoms with Crippen molar-refractivity contribution in [3.05, 3.63) is 94.7 Å². The number of nitrogens with one attached hydrogen (secondary N) is 1. The first-order valence-corrected chi connectivity index (χ1v) is 19.1. The van der Waals surface area contributed by atoms with Gasteiger partial charge >= 0.3 is 6.09 Å². The molecule has 0 bridgehead atoms. The SMILES string of the molecule is CCN(CC)CCN(C)C(=O)c1ccc(Nc2nccc(N(C(=O)Oc3c(C)cc(C)cc3C)c3ccc(CC(C)C(=O)N(CC)CC)cc3OC)n2)cc1. The fourth-order valence-corrected chi connectivity index (χ4v) is 6.61. The van der Waals surface area contributed by atoms with E-state index in [4.69, 9.17) is 14.5 Å². The smallest absolute Gasteiger partial charge is 0.425 e. The molecular formula is C43H57N7O5. The molecule has 1 N–H and O–H groups in total. The van der Waals surface area contributed by atoms with Crippen molar-refractivity contribution in [3.8, 4) is 11.5 Å². The number of ether oxygens (including phenoxy) is 2. The van der Waals surface area contributed by atoms with Crippen LogP contribution in [0.1, 0.15) is 67.2 Å². The minimum Gasteiger partial charge on any atom is -0.495 e. The lowest BCUT2D eigenvalue weighted by Crippen LogP contribution is -2.36. The zero-order chi connectivity index (χ0) is 40.2. The Kier molecular flexibility index (Phi) is 15.2. The number of aryl methyl sites for hydroxylation is 3. The van der Waals surface area contributed by atoms with Crippen LogP contribution in [-0.4, -0.2) is 96.0 Å². The van der Waals surface area contributed by atoms with Gasteiger partial charge in [-0.1, -0.05) is 44.5 Å². The van der Waals surface area contributed by atoms with Gasteiger partial charge in [0.05, 0.1) is 12.8 Å². The quantitative estimate of drug-likeness (QED) is 0.115. The first-order chi connectivity index (χ1) is 26.3. The number of nitrogens with zero attached hydrogens (tertiary/aromatic N) is 6. The summed E-state index contributed by atoms with van der Waals surface area (Å²) in [7, 11) is 3.35. The van der Waals surface area contributed by atoms with Crippen LogP contribution in [0.2, 0.25) is 0 Å². The topological polar surface area (TPSA) is 120 Å². The van der Waals surface area contributed by atoms with E-state index >= 15 is 0 Å². The first-order valence-electron chi connectivity index (χ1n) is 19.1. The lowest BCUT2D eigenvalue weighted by molar-refractivity contribution is -0.134. The van der Waals surface area contributed by atoms with Crippen LogP contribution in [0.25, 0.3) is 0 Å². The molecular weight excluding hydrogens is 695 g/mol. The Bertz CT molecular complexity index is 1900. The average Bonchev–Trinajstić information content (AvgIpc) is 3.17. The Hall–Kier alpha value is -5.49. The fourth-order valence-electron chi connectivity index (χ4n) is 6.61. The second-order valence-corrected chi connectivity index (χ2v) is 13.7. The van der Waals surface area contributed by atoms with Gasteiger partial charge in [0.2, 0.25) is 11.9 Å². The number of anilines is 4. The summed E-state index contributed by atoms with van der Waals surface area (Å²) >= 11 is 0. The summed E-state index contributed by atoms with van der Waals surface area (Å²) in [4.78, 5) is 56.8. The van der Waals surface area contributed by atoms with Crippen molar-refractivity contribution in [2.24, 2.45) is 5.92 Å². The van der Waals surface area contributed by atoms with E-state index in [1.807, 2.05) is 77.8 Å². The van der Waals surface area contributed by atoms with Crippen molar-refractivity contribution in [1.29, 1.82) is 0 Å². The number of hydrogen-bond donors (Lipinski definition) is 1. The van der Waals surface area contributed by atoms with Gasteiger partial charge in [-0.2, -0.15) is 4.98 Å². The number of carbonyl (C=O) groups excluding carboxylic acids is 3. The zero-order valence-corrected chi connectivity index (χ0v) is 34.1. The number of amides is 3. The lowest BCUT2D eigenvalue weighted by Gasteiger charge is -2.25. The summed E-state index contributed by atoms with van der Waals surface area (Å²) in [5.41, 5.74) is 5.22. The third kappa shape index (κ3) is 10.8. The van der Waals surface area contributed by atoms with Crippen molar-refractivity contribution in [3.63, 3.8) is 0 Å².